The molecule has 1 heterocycles. The van der Waals surface area contributed by atoms with E-state index in [2.05, 4.69) is 27.2 Å². The van der Waals surface area contributed by atoms with Crippen LogP contribution in [-0.4, -0.2) is 29.0 Å². The Hall–Kier alpha value is -2.89. The number of para-hydroxylation sites is 2. The highest BCUT2D eigenvalue weighted by atomic mass is 16.5. The molecule has 0 saturated heterocycles. The van der Waals surface area contributed by atoms with Gasteiger partial charge in [0.15, 0.2) is 0 Å². The van der Waals surface area contributed by atoms with Gasteiger partial charge in [-0.3, -0.25) is 4.79 Å². The minimum atomic E-state index is -0.275. The van der Waals surface area contributed by atoms with Gasteiger partial charge in [0.1, 0.15) is 23.6 Å². The monoisotopic (exact) mass is 298 g/mol. The highest BCUT2D eigenvalue weighted by molar-refractivity contribution is 5.93. The fraction of sp³-hybridized carbons (Fsp3) is 0.188. The van der Waals surface area contributed by atoms with E-state index in [1.54, 1.807) is 12.1 Å². The smallest absolute Gasteiger partial charge is 0.270 e. The van der Waals surface area contributed by atoms with Crippen LogP contribution in [-0.2, 0) is 0 Å². The molecule has 2 aromatic rings. The summed E-state index contributed by atoms with van der Waals surface area (Å²) in [5, 5.41) is 5.80. The van der Waals surface area contributed by atoms with Crippen molar-refractivity contribution >= 4 is 17.4 Å². The van der Waals surface area contributed by atoms with E-state index >= 15 is 0 Å². The summed E-state index contributed by atoms with van der Waals surface area (Å²) in [6.45, 7) is 6.43. The Labute approximate surface area is 129 Å². The molecule has 0 spiro atoms. The van der Waals surface area contributed by atoms with Crippen LogP contribution in [0.3, 0.4) is 0 Å². The first-order chi connectivity index (χ1) is 10.7. The van der Waals surface area contributed by atoms with Crippen molar-refractivity contribution < 1.29 is 9.53 Å². The lowest BCUT2D eigenvalue weighted by atomic mass is 10.3. The first-order valence-electron chi connectivity index (χ1n) is 6.94. The number of ether oxygens (including phenoxy) is 1. The lowest BCUT2D eigenvalue weighted by Gasteiger charge is -2.11. The number of hydrogen-bond donors (Lipinski definition) is 2. The zero-order valence-electron chi connectivity index (χ0n) is 12.4. The van der Waals surface area contributed by atoms with Crippen molar-refractivity contribution in [2.24, 2.45) is 0 Å². The number of aromatic nitrogens is 2. The van der Waals surface area contributed by atoms with Crippen molar-refractivity contribution in [2.45, 2.75) is 6.92 Å². The summed E-state index contributed by atoms with van der Waals surface area (Å²) < 4.78 is 5.54. The molecule has 6 nitrogen and oxygen atoms in total. The van der Waals surface area contributed by atoms with Crippen LogP contribution in [0.25, 0.3) is 0 Å². The number of benzene rings is 1. The summed E-state index contributed by atoms with van der Waals surface area (Å²) in [7, 11) is 0. The number of carbonyl (C=O) groups is 1. The Kier molecular flexibility index (Phi) is 5.48. The maximum atomic E-state index is 11.9. The second-order valence-electron chi connectivity index (χ2n) is 4.34. The van der Waals surface area contributed by atoms with Crippen LogP contribution in [0.1, 0.15) is 17.4 Å². The lowest BCUT2D eigenvalue weighted by molar-refractivity contribution is 0.0953. The molecule has 22 heavy (non-hydrogen) atoms. The third-order valence-corrected chi connectivity index (χ3v) is 2.76. The highest BCUT2D eigenvalue weighted by Gasteiger charge is 2.09. The average Bonchev–Trinajstić information content (AvgIpc) is 2.55. The summed E-state index contributed by atoms with van der Waals surface area (Å²) in [6, 6.07) is 9.12. The van der Waals surface area contributed by atoms with Gasteiger partial charge in [0.2, 0.25) is 0 Å². The topological polar surface area (TPSA) is 76.1 Å². The van der Waals surface area contributed by atoms with Crippen LogP contribution in [0.15, 0.2) is 49.3 Å². The van der Waals surface area contributed by atoms with Crippen LogP contribution in [0, 0.1) is 0 Å². The fourth-order valence-electron chi connectivity index (χ4n) is 1.79. The number of anilines is 2. The standard InChI is InChI=1S/C16H18N4O2/c1-3-9-17-16(21)13-10-15(19-11-18-13)20-12-7-5-6-8-14(12)22-4-2/h3,5-8,10-11H,1,4,9H2,2H3,(H,17,21)(H,18,19,20). The van der Waals surface area contributed by atoms with E-state index in [4.69, 9.17) is 4.74 Å². The van der Waals surface area contributed by atoms with Gasteiger partial charge in [0.05, 0.1) is 12.3 Å². The molecule has 1 amide bonds. The van der Waals surface area contributed by atoms with E-state index < -0.39 is 0 Å². The van der Waals surface area contributed by atoms with E-state index in [-0.39, 0.29) is 11.6 Å². The number of hydrogen-bond acceptors (Lipinski definition) is 5. The van der Waals surface area contributed by atoms with Gasteiger partial charge >= 0.3 is 0 Å². The van der Waals surface area contributed by atoms with Gasteiger partial charge in [-0.15, -0.1) is 6.58 Å². The molecular formula is C16H18N4O2. The van der Waals surface area contributed by atoms with E-state index in [1.807, 2.05) is 31.2 Å². The number of nitrogens with zero attached hydrogens (tertiary/aromatic N) is 2. The normalized spacial score (nSPS) is 9.86. The summed E-state index contributed by atoms with van der Waals surface area (Å²) in [6.07, 6.45) is 2.95. The summed E-state index contributed by atoms with van der Waals surface area (Å²) in [5.74, 6) is 0.968. The molecule has 114 valence electrons. The van der Waals surface area contributed by atoms with Gasteiger partial charge in [-0.1, -0.05) is 18.2 Å². The summed E-state index contributed by atoms with van der Waals surface area (Å²) in [5.41, 5.74) is 1.06. The van der Waals surface area contributed by atoms with Gasteiger partial charge in [-0.25, -0.2) is 9.97 Å². The Morgan fingerprint density at radius 1 is 1.36 bits per heavy atom. The maximum absolute atomic E-state index is 11.9. The highest BCUT2D eigenvalue weighted by Crippen LogP contribution is 2.26. The molecule has 0 radical (unpaired) electrons. The molecule has 0 fully saturated rings. The zero-order valence-corrected chi connectivity index (χ0v) is 12.4. The minimum absolute atomic E-state index is 0.275. The molecule has 0 aliphatic heterocycles. The average molecular weight is 298 g/mol. The molecule has 1 aromatic heterocycles. The Morgan fingerprint density at radius 2 is 2.18 bits per heavy atom. The van der Waals surface area contributed by atoms with Gasteiger partial charge < -0.3 is 15.4 Å². The second kappa shape index (κ2) is 7.78. The third kappa shape index (κ3) is 4.05. The molecule has 2 N–H and O–H groups in total. The SMILES string of the molecule is C=CCNC(=O)c1cc(Nc2ccccc2OCC)ncn1. The quantitative estimate of drug-likeness (QED) is 0.768. The fourth-order valence-corrected chi connectivity index (χ4v) is 1.79. The molecular weight excluding hydrogens is 280 g/mol. The first kappa shape index (κ1) is 15.5. The molecule has 1 aromatic carbocycles. The molecule has 0 aliphatic carbocycles. The van der Waals surface area contributed by atoms with Crippen molar-refractivity contribution in [3.05, 3.63) is 55.0 Å². The minimum Gasteiger partial charge on any atom is -0.492 e. The molecule has 2 rings (SSSR count). The number of amides is 1. The molecule has 0 bridgehead atoms. The van der Waals surface area contributed by atoms with Gasteiger partial charge in [-0.2, -0.15) is 0 Å². The van der Waals surface area contributed by atoms with Crippen LogP contribution in [0.2, 0.25) is 0 Å². The molecule has 0 atom stereocenters. The van der Waals surface area contributed by atoms with E-state index in [1.165, 1.54) is 6.33 Å². The molecule has 0 aliphatic rings. The van der Waals surface area contributed by atoms with Crippen molar-refractivity contribution in [3.8, 4) is 5.75 Å². The Bertz CT molecular complexity index is 658. The second-order valence-corrected chi connectivity index (χ2v) is 4.34. The Morgan fingerprint density at radius 3 is 2.95 bits per heavy atom. The van der Waals surface area contributed by atoms with Gasteiger partial charge in [0.25, 0.3) is 5.91 Å². The van der Waals surface area contributed by atoms with Crippen LogP contribution < -0.4 is 15.4 Å². The van der Waals surface area contributed by atoms with Crippen molar-refractivity contribution in [1.29, 1.82) is 0 Å². The van der Waals surface area contributed by atoms with Crippen LogP contribution in [0.5, 0.6) is 5.75 Å². The van der Waals surface area contributed by atoms with Gasteiger partial charge in [0, 0.05) is 12.6 Å². The predicted octanol–water partition coefficient (Wildman–Crippen LogP) is 2.53. The van der Waals surface area contributed by atoms with Crippen LogP contribution >= 0.6 is 0 Å². The van der Waals surface area contributed by atoms with E-state index in [0.717, 1.165) is 11.4 Å². The molecule has 0 saturated carbocycles. The van der Waals surface area contributed by atoms with Crippen molar-refractivity contribution in [1.82, 2.24) is 15.3 Å². The maximum Gasteiger partial charge on any atom is 0.270 e. The predicted molar refractivity (Wildman–Crippen MR) is 85.5 cm³/mol. The summed E-state index contributed by atoms with van der Waals surface area (Å²) >= 11 is 0. The Balaban J connectivity index is 2.17. The molecule has 0 unspecified atom stereocenters. The van der Waals surface area contributed by atoms with E-state index in [9.17, 15) is 4.79 Å². The van der Waals surface area contributed by atoms with Crippen molar-refractivity contribution in [3.63, 3.8) is 0 Å². The number of nitrogens with one attached hydrogen (secondary N) is 2. The van der Waals surface area contributed by atoms with Crippen LogP contribution in [0.4, 0.5) is 11.5 Å². The zero-order chi connectivity index (χ0) is 15.8. The van der Waals surface area contributed by atoms with E-state index in [0.29, 0.717) is 19.0 Å². The van der Waals surface area contributed by atoms with Gasteiger partial charge in [-0.05, 0) is 19.1 Å². The number of carbonyl (C=O) groups excluding carboxylic acids is 1. The lowest BCUT2D eigenvalue weighted by Crippen LogP contribution is -2.24. The molecule has 6 heteroatoms. The number of rotatable bonds is 7. The summed E-state index contributed by atoms with van der Waals surface area (Å²) in [4.78, 5) is 20.0. The first-order valence-corrected chi connectivity index (χ1v) is 6.94. The third-order valence-electron chi connectivity index (χ3n) is 2.76. The van der Waals surface area contributed by atoms with Crippen molar-refractivity contribution in [2.75, 3.05) is 18.5 Å². The largest absolute Gasteiger partial charge is 0.492 e.